The molecule has 0 aliphatic heterocycles. The lowest BCUT2D eigenvalue weighted by Gasteiger charge is -2.07. The van der Waals surface area contributed by atoms with Crippen LogP contribution in [0, 0.1) is 5.82 Å². The van der Waals surface area contributed by atoms with Gasteiger partial charge in [0.15, 0.2) is 5.16 Å². The highest BCUT2D eigenvalue weighted by molar-refractivity contribution is 7.98. The number of fused-ring (bicyclic) bond motifs is 1. The lowest BCUT2D eigenvalue weighted by molar-refractivity contribution is 0.0656. The van der Waals surface area contributed by atoms with Crippen LogP contribution >= 0.6 is 11.8 Å². The molecule has 2 aromatic carbocycles. The summed E-state index contributed by atoms with van der Waals surface area (Å²) in [6.45, 7) is -2.65. The first kappa shape index (κ1) is 14.0. The van der Waals surface area contributed by atoms with E-state index < -0.39 is 6.55 Å². The number of halogens is 3. The molecule has 0 radical (unpaired) electrons. The van der Waals surface area contributed by atoms with Crippen LogP contribution < -0.4 is 0 Å². The summed E-state index contributed by atoms with van der Waals surface area (Å²) in [5.41, 5.74) is 1.81. The minimum absolute atomic E-state index is 0.260. The topological polar surface area (TPSA) is 17.8 Å². The number of thioether (sulfide) groups is 1. The molecule has 0 aliphatic carbocycles. The first-order valence-electron chi connectivity index (χ1n) is 6.27. The Morgan fingerprint density at radius 2 is 1.76 bits per heavy atom. The maximum Gasteiger partial charge on any atom is 0.321 e. The number of para-hydroxylation sites is 2. The summed E-state index contributed by atoms with van der Waals surface area (Å²) in [7, 11) is 0. The van der Waals surface area contributed by atoms with Crippen molar-refractivity contribution in [1.82, 2.24) is 9.55 Å². The third-order valence-electron chi connectivity index (χ3n) is 3.04. The highest BCUT2D eigenvalue weighted by Gasteiger charge is 2.17. The van der Waals surface area contributed by atoms with Crippen LogP contribution in [0.5, 0.6) is 0 Å². The van der Waals surface area contributed by atoms with Gasteiger partial charge < -0.3 is 0 Å². The molecule has 108 valence electrons. The summed E-state index contributed by atoms with van der Waals surface area (Å²) in [5.74, 6) is 0.139. The summed E-state index contributed by atoms with van der Waals surface area (Å²) in [6.07, 6.45) is 0. The summed E-state index contributed by atoms with van der Waals surface area (Å²) < 4.78 is 40.2. The number of benzene rings is 2. The standard InChI is InChI=1S/C15H11F3N2S/c16-11-7-5-10(6-8-11)9-21-15-19-12-3-1-2-4-13(12)20(15)14(17)18/h1-8,14H,9H2. The number of hydrogen-bond acceptors (Lipinski definition) is 2. The predicted octanol–water partition coefficient (Wildman–Crippen LogP) is 4.86. The van der Waals surface area contributed by atoms with Crippen molar-refractivity contribution in [3.8, 4) is 0 Å². The quantitative estimate of drug-likeness (QED) is 0.640. The van der Waals surface area contributed by atoms with Crippen LogP contribution in [-0.2, 0) is 5.75 Å². The number of aromatic nitrogens is 2. The van der Waals surface area contributed by atoms with E-state index in [4.69, 9.17) is 0 Å². The fourth-order valence-electron chi connectivity index (χ4n) is 2.04. The Morgan fingerprint density at radius 1 is 1.05 bits per heavy atom. The van der Waals surface area contributed by atoms with Crippen molar-refractivity contribution < 1.29 is 13.2 Å². The second-order valence-electron chi connectivity index (χ2n) is 4.45. The van der Waals surface area contributed by atoms with Crippen LogP contribution in [0.15, 0.2) is 53.7 Å². The van der Waals surface area contributed by atoms with Gasteiger partial charge in [0.25, 0.3) is 0 Å². The number of alkyl halides is 2. The van der Waals surface area contributed by atoms with E-state index in [2.05, 4.69) is 4.98 Å². The molecule has 0 atom stereocenters. The van der Waals surface area contributed by atoms with Gasteiger partial charge in [-0.3, -0.25) is 4.57 Å². The Kier molecular flexibility index (Phi) is 3.88. The van der Waals surface area contributed by atoms with E-state index in [0.717, 1.165) is 10.1 Å². The number of imidazole rings is 1. The Hall–Kier alpha value is -1.95. The van der Waals surface area contributed by atoms with Crippen molar-refractivity contribution in [3.05, 3.63) is 59.9 Å². The van der Waals surface area contributed by atoms with E-state index >= 15 is 0 Å². The summed E-state index contributed by atoms with van der Waals surface area (Å²) in [4.78, 5) is 4.24. The first-order chi connectivity index (χ1) is 10.1. The fraction of sp³-hybridized carbons (Fsp3) is 0.133. The van der Waals surface area contributed by atoms with Crippen molar-refractivity contribution in [1.29, 1.82) is 0 Å². The van der Waals surface area contributed by atoms with Gasteiger partial charge in [-0.2, -0.15) is 8.78 Å². The fourth-order valence-corrected chi connectivity index (χ4v) is 3.01. The van der Waals surface area contributed by atoms with Gasteiger partial charge in [-0.15, -0.1) is 0 Å². The van der Waals surface area contributed by atoms with Crippen molar-refractivity contribution in [2.45, 2.75) is 17.5 Å². The Morgan fingerprint density at radius 3 is 2.48 bits per heavy atom. The third-order valence-corrected chi connectivity index (χ3v) is 4.06. The molecule has 0 N–H and O–H groups in total. The van der Waals surface area contributed by atoms with Crippen molar-refractivity contribution in [3.63, 3.8) is 0 Å². The van der Waals surface area contributed by atoms with Gasteiger partial charge in [0.05, 0.1) is 11.0 Å². The average Bonchev–Trinajstić information content (AvgIpc) is 2.85. The number of nitrogens with zero attached hydrogens (tertiary/aromatic N) is 2. The molecule has 0 spiro atoms. The van der Waals surface area contributed by atoms with Gasteiger partial charge in [-0.05, 0) is 29.8 Å². The molecule has 1 heterocycles. The molecule has 1 aromatic heterocycles. The summed E-state index contributed by atoms with van der Waals surface area (Å²) in [6, 6.07) is 12.8. The molecule has 3 rings (SSSR count). The molecule has 0 unspecified atom stereocenters. The molecule has 0 amide bonds. The summed E-state index contributed by atoms with van der Waals surface area (Å²) in [5, 5.41) is 0.260. The van der Waals surface area contributed by atoms with E-state index in [9.17, 15) is 13.2 Å². The van der Waals surface area contributed by atoms with Crippen LogP contribution in [0.4, 0.5) is 13.2 Å². The van der Waals surface area contributed by atoms with Crippen LogP contribution in [0.2, 0.25) is 0 Å². The average molecular weight is 308 g/mol. The first-order valence-corrected chi connectivity index (χ1v) is 7.26. The molecule has 3 aromatic rings. The molecule has 0 bridgehead atoms. The molecule has 2 nitrogen and oxygen atoms in total. The van der Waals surface area contributed by atoms with Crippen LogP contribution in [0.25, 0.3) is 11.0 Å². The normalized spacial score (nSPS) is 11.4. The number of hydrogen-bond donors (Lipinski definition) is 0. The van der Waals surface area contributed by atoms with Gasteiger partial charge in [-0.25, -0.2) is 9.37 Å². The van der Waals surface area contributed by atoms with Gasteiger partial charge in [0, 0.05) is 5.75 Å². The van der Waals surface area contributed by atoms with E-state index in [0.29, 0.717) is 16.8 Å². The minimum atomic E-state index is -2.65. The van der Waals surface area contributed by atoms with E-state index in [1.807, 2.05) is 0 Å². The zero-order valence-corrected chi connectivity index (χ0v) is 11.7. The van der Waals surface area contributed by atoms with Gasteiger partial charge in [-0.1, -0.05) is 36.0 Å². The highest BCUT2D eigenvalue weighted by Crippen LogP contribution is 2.30. The molecule has 0 aliphatic rings. The predicted molar refractivity (Wildman–Crippen MR) is 76.9 cm³/mol. The molecule has 6 heteroatoms. The molecular weight excluding hydrogens is 297 g/mol. The van der Waals surface area contributed by atoms with Gasteiger partial charge in [0.2, 0.25) is 0 Å². The zero-order chi connectivity index (χ0) is 14.8. The van der Waals surface area contributed by atoms with Crippen molar-refractivity contribution in [2.24, 2.45) is 0 Å². The molecule has 0 fully saturated rings. The third kappa shape index (κ3) is 2.90. The maximum atomic E-state index is 13.2. The van der Waals surface area contributed by atoms with E-state index in [-0.39, 0.29) is 11.0 Å². The SMILES string of the molecule is Fc1ccc(CSc2nc3ccccc3n2C(F)F)cc1. The summed E-state index contributed by atoms with van der Waals surface area (Å²) >= 11 is 1.21. The molecule has 0 saturated heterocycles. The van der Waals surface area contributed by atoms with Crippen LogP contribution in [0.1, 0.15) is 12.1 Å². The second kappa shape index (κ2) is 5.81. The van der Waals surface area contributed by atoms with E-state index in [1.54, 1.807) is 36.4 Å². The van der Waals surface area contributed by atoms with Crippen molar-refractivity contribution in [2.75, 3.05) is 0 Å². The minimum Gasteiger partial charge on any atom is -0.261 e. The van der Waals surface area contributed by atoms with Gasteiger partial charge >= 0.3 is 6.55 Å². The smallest absolute Gasteiger partial charge is 0.261 e. The Balaban J connectivity index is 1.89. The lowest BCUT2D eigenvalue weighted by Crippen LogP contribution is -2.00. The maximum absolute atomic E-state index is 13.2. The van der Waals surface area contributed by atoms with Crippen LogP contribution in [-0.4, -0.2) is 9.55 Å². The second-order valence-corrected chi connectivity index (χ2v) is 5.39. The van der Waals surface area contributed by atoms with Crippen LogP contribution in [0.3, 0.4) is 0 Å². The Labute approximate surface area is 123 Å². The molecule has 21 heavy (non-hydrogen) atoms. The largest absolute Gasteiger partial charge is 0.321 e. The lowest BCUT2D eigenvalue weighted by atomic mass is 10.2. The van der Waals surface area contributed by atoms with E-state index in [1.165, 1.54) is 23.9 Å². The van der Waals surface area contributed by atoms with Gasteiger partial charge in [0.1, 0.15) is 5.82 Å². The monoisotopic (exact) mass is 308 g/mol. The Bertz CT molecular complexity index is 753. The molecular formula is C15H11F3N2S. The zero-order valence-electron chi connectivity index (χ0n) is 10.8. The highest BCUT2D eigenvalue weighted by atomic mass is 32.2. The number of rotatable bonds is 4. The van der Waals surface area contributed by atoms with Crippen molar-refractivity contribution >= 4 is 22.8 Å². The molecule has 0 saturated carbocycles.